The summed E-state index contributed by atoms with van der Waals surface area (Å²) < 4.78 is 10.9. The van der Waals surface area contributed by atoms with Gasteiger partial charge in [0.2, 0.25) is 5.91 Å². The monoisotopic (exact) mass is 368 g/mol. The number of nitrogens with zero attached hydrogens (tertiary/aromatic N) is 1. The van der Waals surface area contributed by atoms with Gasteiger partial charge in [0, 0.05) is 26.1 Å². The molecule has 1 aliphatic rings. The van der Waals surface area contributed by atoms with E-state index in [1.807, 2.05) is 30.3 Å². The van der Waals surface area contributed by atoms with Gasteiger partial charge in [-0.3, -0.25) is 9.69 Å². The van der Waals surface area contributed by atoms with Crippen molar-refractivity contribution in [2.75, 3.05) is 40.0 Å². The first-order valence-corrected chi connectivity index (χ1v) is 9.52. The summed E-state index contributed by atoms with van der Waals surface area (Å²) in [6.45, 7) is 3.76. The lowest BCUT2D eigenvalue weighted by atomic mass is 10.0. The largest absolute Gasteiger partial charge is 0.497 e. The maximum atomic E-state index is 12.4. The number of morpholine rings is 1. The predicted octanol–water partition coefficient (Wildman–Crippen LogP) is 2.82. The molecule has 1 aliphatic heterocycles. The summed E-state index contributed by atoms with van der Waals surface area (Å²) in [7, 11) is 1.67. The normalized spacial score (nSPS) is 15.9. The standard InChI is InChI=1S/C22H28N2O3/c1-26-20-9-5-8-19(16-20)21(24-12-14-27-15-13-24)17-23-22(25)11-10-18-6-3-2-4-7-18/h2-9,16,21H,10-15,17H2,1H3,(H,23,25)/t21-/m0/s1. The Hall–Kier alpha value is -2.37. The minimum absolute atomic E-state index is 0.0833. The molecule has 2 aromatic carbocycles. The van der Waals surface area contributed by atoms with E-state index in [0.717, 1.165) is 44.0 Å². The second kappa shape index (κ2) is 10.1. The third-order valence-electron chi connectivity index (χ3n) is 4.94. The van der Waals surface area contributed by atoms with Crippen LogP contribution in [0.25, 0.3) is 0 Å². The van der Waals surface area contributed by atoms with Gasteiger partial charge < -0.3 is 14.8 Å². The van der Waals surface area contributed by atoms with E-state index in [1.165, 1.54) is 5.56 Å². The first kappa shape index (κ1) is 19.4. The zero-order chi connectivity index (χ0) is 18.9. The highest BCUT2D eigenvalue weighted by Gasteiger charge is 2.23. The zero-order valence-corrected chi connectivity index (χ0v) is 15.9. The van der Waals surface area contributed by atoms with Crippen LogP contribution in [0.15, 0.2) is 54.6 Å². The molecular formula is C22H28N2O3. The molecule has 1 N–H and O–H groups in total. The van der Waals surface area contributed by atoms with Crippen LogP contribution in [0.1, 0.15) is 23.6 Å². The Balaban J connectivity index is 1.61. The fraction of sp³-hybridized carbons (Fsp3) is 0.409. The van der Waals surface area contributed by atoms with Gasteiger partial charge in [-0.1, -0.05) is 42.5 Å². The lowest BCUT2D eigenvalue weighted by molar-refractivity contribution is -0.121. The van der Waals surface area contributed by atoms with E-state index in [2.05, 4.69) is 34.5 Å². The number of hydrogen-bond donors (Lipinski definition) is 1. The highest BCUT2D eigenvalue weighted by atomic mass is 16.5. The lowest BCUT2D eigenvalue weighted by Crippen LogP contribution is -2.43. The van der Waals surface area contributed by atoms with Crippen molar-refractivity contribution >= 4 is 5.91 Å². The van der Waals surface area contributed by atoms with E-state index in [4.69, 9.17) is 9.47 Å². The average Bonchev–Trinajstić information content (AvgIpc) is 2.74. The first-order chi connectivity index (χ1) is 13.3. The lowest BCUT2D eigenvalue weighted by Gasteiger charge is -2.35. The topological polar surface area (TPSA) is 50.8 Å². The Kier molecular flexibility index (Phi) is 7.25. The van der Waals surface area contributed by atoms with Gasteiger partial charge in [-0.05, 0) is 29.7 Å². The SMILES string of the molecule is COc1cccc([C@H](CNC(=O)CCc2ccccc2)N2CCOCC2)c1. The van der Waals surface area contributed by atoms with Crippen molar-refractivity contribution in [2.45, 2.75) is 18.9 Å². The molecular weight excluding hydrogens is 340 g/mol. The van der Waals surface area contributed by atoms with Crippen molar-refractivity contribution in [3.63, 3.8) is 0 Å². The molecule has 1 heterocycles. The molecule has 1 amide bonds. The molecule has 3 rings (SSSR count). The number of rotatable bonds is 8. The minimum atomic E-state index is 0.0833. The number of amides is 1. The van der Waals surface area contributed by atoms with Gasteiger partial charge >= 0.3 is 0 Å². The van der Waals surface area contributed by atoms with Crippen LogP contribution in [0.2, 0.25) is 0 Å². The van der Waals surface area contributed by atoms with E-state index >= 15 is 0 Å². The van der Waals surface area contributed by atoms with Crippen molar-refractivity contribution in [2.24, 2.45) is 0 Å². The van der Waals surface area contributed by atoms with Crippen LogP contribution in [-0.2, 0) is 16.0 Å². The molecule has 0 radical (unpaired) electrons. The van der Waals surface area contributed by atoms with E-state index in [9.17, 15) is 4.79 Å². The highest BCUT2D eigenvalue weighted by Crippen LogP contribution is 2.24. The summed E-state index contributed by atoms with van der Waals surface area (Å²) in [5, 5.41) is 3.12. The fourth-order valence-electron chi connectivity index (χ4n) is 3.40. The van der Waals surface area contributed by atoms with Gasteiger partial charge in [0.25, 0.3) is 0 Å². The molecule has 1 saturated heterocycles. The molecule has 0 aromatic heterocycles. The van der Waals surface area contributed by atoms with Gasteiger partial charge in [0.05, 0.1) is 26.4 Å². The van der Waals surface area contributed by atoms with Gasteiger partial charge in [0.15, 0.2) is 0 Å². The van der Waals surface area contributed by atoms with Crippen LogP contribution in [0.5, 0.6) is 5.75 Å². The third-order valence-corrected chi connectivity index (χ3v) is 4.94. The van der Waals surface area contributed by atoms with Crippen molar-refractivity contribution in [3.05, 3.63) is 65.7 Å². The Bertz CT molecular complexity index is 715. The number of hydrogen-bond acceptors (Lipinski definition) is 4. The van der Waals surface area contributed by atoms with Crippen molar-refractivity contribution in [3.8, 4) is 5.75 Å². The first-order valence-electron chi connectivity index (χ1n) is 9.52. The van der Waals surface area contributed by atoms with Crippen LogP contribution in [0.4, 0.5) is 0 Å². The zero-order valence-electron chi connectivity index (χ0n) is 15.9. The number of ether oxygens (including phenoxy) is 2. The second-order valence-electron chi connectivity index (χ2n) is 6.73. The molecule has 1 atom stereocenters. The molecule has 5 heteroatoms. The Morgan fingerprint density at radius 2 is 1.93 bits per heavy atom. The smallest absolute Gasteiger partial charge is 0.220 e. The summed E-state index contributed by atoms with van der Waals surface area (Å²) in [6.07, 6.45) is 1.26. The summed E-state index contributed by atoms with van der Waals surface area (Å²) in [5.41, 5.74) is 2.34. The number of aryl methyl sites for hydroxylation is 1. The van der Waals surface area contributed by atoms with E-state index in [0.29, 0.717) is 13.0 Å². The van der Waals surface area contributed by atoms with Gasteiger partial charge in [-0.2, -0.15) is 0 Å². The Morgan fingerprint density at radius 3 is 2.67 bits per heavy atom. The highest BCUT2D eigenvalue weighted by molar-refractivity contribution is 5.76. The molecule has 0 saturated carbocycles. The molecule has 1 fully saturated rings. The van der Waals surface area contributed by atoms with Gasteiger partial charge in [-0.25, -0.2) is 0 Å². The van der Waals surface area contributed by atoms with Crippen molar-refractivity contribution in [1.29, 1.82) is 0 Å². The van der Waals surface area contributed by atoms with Gasteiger partial charge in [0.1, 0.15) is 5.75 Å². The second-order valence-corrected chi connectivity index (χ2v) is 6.73. The maximum Gasteiger partial charge on any atom is 0.220 e. The fourth-order valence-corrected chi connectivity index (χ4v) is 3.40. The molecule has 0 spiro atoms. The number of carbonyl (C=O) groups is 1. The third kappa shape index (κ3) is 5.81. The van der Waals surface area contributed by atoms with Crippen LogP contribution in [0.3, 0.4) is 0 Å². The maximum absolute atomic E-state index is 12.4. The molecule has 27 heavy (non-hydrogen) atoms. The summed E-state index contributed by atoms with van der Waals surface area (Å²) >= 11 is 0. The summed E-state index contributed by atoms with van der Waals surface area (Å²) in [4.78, 5) is 14.7. The summed E-state index contributed by atoms with van der Waals surface area (Å²) in [6, 6.07) is 18.3. The van der Waals surface area contributed by atoms with Crippen molar-refractivity contribution in [1.82, 2.24) is 10.2 Å². The van der Waals surface area contributed by atoms with Crippen LogP contribution < -0.4 is 10.1 Å². The van der Waals surface area contributed by atoms with Crippen molar-refractivity contribution < 1.29 is 14.3 Å². The van der Waals surface area contributed by atoms with Crippen LogP contribution >= 0.6 is 0 Å². The van der Waals surface area contributed by atoms with E-state index < -0.39 is 0 Å². The molecule has 2 aromatic rings. The van der Waals surface area contributed by atoms with E-state index in [1.54, 1.807) is 7.11 Å². The quantitative estimate of drug-likeness (QED) is 0.778. The molecule has 0 aliphatic carbocycles. The Morgan fingerprint density at radius 1 is 1.15 bits per heavy atom. The molecule has 0 unspecified atom stereocenters. The van der Waals surface area contributed by atoms with E-state index in [-0.39, 0.29) is 11.9 Å². The van der Waals surface area contributed by atoms with Crippen LogP contribution in [0, 0.1) is 0 Å². The number of carbonyl (C=O) groups excluding carboxylic acids is 1. The van der Waals surface area contributed by atoms with Crippen LogP contribution in [-0.4, -0.2) is 50.8 Å². The predicted molar refractivity (Wildman–Crippen MR) is 106 cm³/mol. The number of benzene rings is 2. The number of nitrogens with one attached hydrogen (secondary N) is 1. The molecule has 144 valence electrons. The minimum Gasteiger partial charge on any atom is -0.497 e. The number of methoxy groups -OCH3 is 1. The Labute approximate surface area is 161 Å². The average molecular weight is 368 g/mol. The molecule has 0 bridgehead atoms. The molecule has 5 nitrogen and oxygen atoms in total. The summed E-state index contributed by atoms with van der Waals surface area (Å²) in [5.74, 6) is 0.918. The van der Waals surface area contributed by atoms with Gasteiger partial charge in [-0.15, -0.1) is 0 Å².